The van der Waals surface area contributed by atoms with E-state index in [0.717, 1.165) is 21.2 Å². The molecule has 1 atom stereocenters. The van der Waals surface area contributed by atoms with Crippen molar-refractivity contribution in [2.75, 3.05) is 30.3 Å². The minimum absolute atomic E-state index is 0.0762. The van der Waals surface area contributed by atoms with E-state index in [1.165, 1.54) is 22.7 Å². The highest BCUT2D eigenvalue weighted by atomic mass is 32.1. The number of nitrogens with zero attached hydrogens (tertiary/aromatic N) is 6. The van der Waals surface area contributed by atoms with E-state index in [1.54, 1.807) is 11.7 Å². The second-order valence-corrected chi connectivity index (χ2v) is 7.80. The van der Waals surface area contributed by atoms with Crippen molar-refractivity contribution >= 4 is 50.8 Å². The second kappa shape index (κ2) is 7.00. The van der Waals surface area contributed by atoms with Crippen LogP contribution in [0.1, 0.15) is 11.9 Å². The van der Waals surface area contributed by atoms with Crippen molar-refractivity contribution in [2.24, 2.45) is 0 Å². The molecule has 0 aliphatic carbocycles. The van der Waals surface area contributed by atoms with Crippen LogP contribution in [0.5, 0.6) is 0 Å². The number of carbonyl (C=O) groups excluding carboxylic acids is 1. The summed E-state index contributed by atoms with van der Waals surface area (Å²) >= 11 is 2.97. The number of nitrogen functional groups attached to an aromatic ring is 1. The fourth-order valence-electron chi connectivity index (χ4n) is 3.02. The highest BCUT2D eigenvalue weighted by Gasteiger charge is 2.29. The van der Waals surface area contributed by atoms with Gasteiger partial charge in [0.1, 0.15) is 10.5 Å². The van der Waals surface area contributed by atoms with Gasteiger partial charge < -0.3 is 20.9 Å². The molecule has 1 fully saturated rings. The Hall–Kier alpha value is -2.53. The standard InChI is InChI=1S/C15H18N8OS2/c1-9-7-22(15(24)18-6-10-17-2-5-25-10)3-4-23(9)12-11-13(26-8-19-11)21-14(16)20-12/h2,5,8-9H,3-4,6-7H2,1H3,(H,18,24)(H2,16,20,21)/t9-/m0/s1. The topological polar surface area (TPSA) is 113 Å². The number of fused-ring (bicyclic) bond motifs is 1. The van der Waals surface area contributed by atoms with Crippen LogP contribution in [0, 0.1) is 0 Å². The van der Waals surface area contributed by atoms with Gasteiger partial charge in [-0.15, -0.1) is 22.7 Å². The van der Waals surface area contributed by atoms with E-state index in [0.29, 0.717) is 26.2 Å². The van der Waals surface area contributed by atoms with Crippen LogP contribution in [0.4, 0.5) is 16.6 Å². The molecule has 4 heterocycles. The molecular formula is C15H18N8OS2. The lowest BCUT2D eigenvalue weighted by Crippen LogP contribution is -2.56. The molecule has 11 heteroatoms. The first-order valence-corrected chi connectivity index (χ1v) is 9.92. The van der Waals surface area contributed by atoms with Gasteiger partial charge in [-0.2, -0.15) is 4.98 Å². The maximum Gasteiger partial charge on any atom is 0.317 e. The molecule has 26 heavy (non-hydrogen) atoms. The smallest absolute Gasteiger partial charge is 0.317 e. The Morgan fingerprint density at radius 2 is 2.23 bits per heavy atom. The van der Waals surface area contributed by atoms with Crippen molar-refractivity contribution in [2.45, 2.75) is 19.5 Å². The monoisotopic (exact) mass is 390 g/mol. The van der Waals surface area contributed by atoms with Gasteiger partial charge in [0.2, 0.25) is 5.95 Å². The van der Waals surface area contributed by atoms with Crippen LogP contribution in [-0.4, -0.2) is 56.5 Å². The van der Waals surface area contributed by atoms with E-state index in [4.69, 9.17) is 5.73 Å². The van der Waals surface area contributed by atoms with Gasteiger partial charge >= 0.3 is 6.03 Å². The Kier molecular flexibility index (Phi) is 4.55. The van der Waals surface area contributed by atoms with Gasteiger partial charge in [-0.25, -0.2) is 19.7 Å². The third kappa shape index (κ3) is 3.27. The summed E-state index contributed by atoms with van der Waals surface area (Å²) in [5, 5.41) is 5.72. The van der Waals surface area contributed by atoms with Gasteiger partial charge in [-0.3, -0.25) is 0 Å². The van der Waals surface area contributed by atoms with E-state index in [9.17, 15) is 4.79 Å². The van der Waals surface area contributed by atoms with Crippen LogP contribution in [0.25, 0.3) is 10.3 Å². The molecule has 0 saturated carbocycles. The summed E-state index contributed by atoms with van der Waals surface area (Å²) in [4.78, 5) is 34.3. The largest absolute Gasteiger partial charge is 0.368 e. The number of aromatic nitrogens is 4. The number of nitrogens with one attached hydrogen (secondary N) is 1. The molecule has 9 nitrogen and oxygen atoms in total. The molecule has 1 aliphatic heterocycles. The molecule has 0 aromatic carbocycles. The highest BCUT2D eigenvalue weighted by Crippen LogP contribution is 2.28. The van der Waals surface area contributed by atoms with Crippen LogP contribution < -0.4 is 16.0 Å². The van der Waals surface area contributed by atoms with Gasteiger partial charge in [0.25, 0.3) is 0 Å². The molecule has 0 unspecified atom stereocenters. The van der Waals surface area contributed by atoms with Crippen molar-refractivity contribution in [3.8, 4) is 0 Å². The van der Waals surface area contributed by atoms with Crippen molar-refractivity contribution in [3.63, 3.8) is 0 Å². The first-order valence-electron chi connectivity index (χ1n) is 8.16. The summed E-state index contributed by atoms with van der Waals surface area (Å²) in [6.07, 6.45) is 1.74. The molecule has 2 amide bonds. The van der Waals surface area contributed by atoms with Crippen LogP contribution >= 0.6 is 22.7 Å². The third-order valence-corrected chi connectivity index (χ3v) is 5.76. The van der Waals surface area contributed by atoms with Crippen LogP contribution in [0.3, 0.4) is 0 Å². The van der Waals surface area contributed by atoms with Crippen molar-refractivity contribution in [1.29, 1.82) is 0 Å². The Bertz CT molecular complexity index is 912. The number of urea groups is 1. The lowest BCUT2D eigenvalue weighted by Gasteiger charge is -2.40. The normalized spacial score (nSPS) is 17.7. The Morgan fingerprint density at radius 1 is 1.35 bits per heavy atom. The molecule has 3 aromatic heterocycles. The van der Waals surface area contributed by atoms with E-state index < -0.39 is 0 Å². The third-order valence-electron chi connectivity index (χ3n) is 4.26. The summed E-state index contributed by atoms with van der Waals surface area (Å²) in [7, 11) is 0. The number of piperazine rings is 1. The molecule has 1 saturated heterocycles. The van der Waals surface area contributed by atoms with Crippen LogP contribution in [0.15, 0.2) is 17.1 Å². The summed E-state index contributed by atoms with van der Waals surface area (Å²) < 4.78 is 0. The molecular weight excluding hydrogens is 372 g/mol. The minimum atomic E-state index is -0.0762. The first kappa shape index (κ1) is 16.9. The van der Waals surface area contributed by atoms with Crippen LogP contribution in [-0.2, 0) is 6.54 Å². The number of carbonyl (C=O) groups is 1. The van der Waals surface area contributed by atoms with Gasteiger partial charge in [-0.1, -0.05) is 0 Å². The molecule has 0 spiro atoms. The lowest BCUT2D eigenvalue weighted by molar-refractivity contribution is 0.186. The highest BCUT2D eigenvalue weighted by molar-refractivity contribution is 7.16. The van der Waals surface area contributed by atoms with Crippen molar-refractivity contribution in [3.05, 3.63) is 22.1 Å². The average molecular weight is 390 g/mol. The van der Waals surface area contributed by atoms with Crippen molar-refractivity contribution in [1.82, 2.24) is 30.2 Å². The number of thiazole rings is 2. The van der Waals surface area contributed by atoms with E-state index >= 15 is 0 Å². The van der Waals surface area contributed by atoms with Crippen molar-refractivity contribution < 1.29 is 4.79 Å². The average Bonchev–Trinajstić information content (AvgIpc) is 3.30. The molecule has 136 valence electrons. The Labute approximate surface area is 157 Å². The summed E-state index contributed by atoms with van der Waals surface area (Å²) in [5.74, 6) is 0.983. The zero-order valence-electron chi connectivity index (χ0n) is 14.1. The molecule has 4 rings (SSSR count). The first-order chi connectivity index (χ1) is 12.6. The van der Waals surface area contributed by atoms with Gasteiger partial charge in [0, 0.05) is 37.3 Å². The fourth-order valence-corrected chi connectivity index (χ4v) is 4.24. The maximum absolute atomic E-state index is 12.4. The van der Waals surface area contributed by atoms with E-state index in [1.807, 2.05) is 10.3 Å². The molecule has 3 aromatic rings. The SMILES string of the molecule is C[C@H]1CN(C(=O)NCc2nccs2)CCN1c1nc(N)nc2scnc12. The fraction of sp³-hybridized carbons (Fsp3) is 0.400. The second-order valence-electron chi connectivity index (χ2n) is 5.98. The number of hydrogen-bond donors (Lipinski definition) is 2. The van der Waals surface area contributed by atoms with Gasteiger partial charge in [0.05, 0.1) is 12.1 Å². The number of hydrogen-bond acceptors (Lipinski definition) is 9. The Balaban J connectivity index is 1.44. The van der Waals surface area contributed by atoms with E-state index in [-0.39, 0.29) is 18.0 Å². The number of amides is 2. The molecule has 0 bridgehead atoms. The zero-order valence-corrected chi connectivity index (χ0v) is 15.8. The summed E-state index contributed by atoms with van der Waals surface area (Å²) in [5.41, 5.74) is 8.36. The maximum atomic E-state index is 12.4. The zero-order chi connectivity index (χ0) is 18.1. The minimum Gasteiger partial charge on any atom is -0.368 e. The molecule has 0 radical (unpaired) electrons. The number of anilines is 2. The predicted molar refractivity (Wildman–Crippen MR) is 102 cm³/mol. The molecule has 3 N–H and O–H groups in total. The van der Waals surface area contributed by atoms with Gasteiger partial charge in [0.15, 0.2) is 10.6 Å². The summed E-state index contributed by atoms with van der Waals surface area (Å²) in [6, 6.07) is 0.0151. The lowest BCUT2D eigenvalue weighted by atomic mass is 10.2. The number of rotatable bonds is 3. The van der Waals surface area contributed by atoms with E-state index in [2.05, 4.69) is 37.1 Å². The predicted octanol–water partition coefficient (Wildman–Crippen LogP) is 1.55. The quantitative estimate of drug-likeness (QED) is 0.697. The summed E-state index contributed by atoms with van der Waals surface area (Å²) in [6.45, 7) is 4.38. The van der Waals surface area contributed by atoms with Gasteiger partial charge in [-0.05, 0) is 6.92 Å². The number of nitrogens with two attached hydrogens (primary N) is 1. The van der Waals surface area contributed by atoms with Crippen LogP contribution in [0.2, 0.25) is 0 Å². The Morgan fingerprint density at radius 3 is 3.00 bits per heavy atom. The molecule has 1 aliphatic rings.